The van der Waals surface area contributed by atoms with Gasteiger partial charge >= 0.3 is 6.09 Å². The summed E-state index contributed by atoms with van der Waals surface area (Å²) in [4.78, 5) is 70.3. The first-order chi connectivity index (χ1) is 25.8. The maximum Gasteiger partial charge on any atom is 0.410 e. The summed E-state index contributed by atoms with van der Waals surface area (Å²) >= 11 is 0. The number of ether oxygens (including phenoxy) is 1. The van der Waals surface area contributed by atoms with Crippen molar-refractivity contribution in [3.8, 4) is 0 Å². The van der Waals surface area contributed by atoms with E-state index in [-0.39, 0.29) is 55.0 Å². The van der Waals surface area contributed by atoms with Crippen LogP contribution >= 0.6 is 0 Å². The molecule has 2 heterocycles. The molecule has 1 saturated heterocycles. The Kier molecular flexibility index (Phi) is 13.5. The molecule has 1 aromatic heterocycles. The topological polar surface area (TPSA) is 155 Å². The van der Waals surface area contributed by atoms with Crippen molar-refractivity contribution >= 4 is 35.4 Å². The lowest BCUT2D eigenvalue weighted by Gasteiger charge is -2.42. The van der Waals surface area contributed by atoms with Gasteiger partial charge in [0.15, 0.2) is 0 Å². The van der Waals surface area contributed by atoms with Crippen molar-refractivity contribution in [2.24, 2.45) is 13.0 Å². The van der Waals surface area contributed by atoms with Crippen molar-refractivity contribution in [2.45, 2.75) is 103 Å². The first-order valence-electron chi connectivity index (χ1n) is 19.1. The van der Waals surface area contributed by atoms with Crippen LogP contribution in [0.3, 0.4) is 0 Å². The number of aromatic nitrogens is 2. The third-order valence-corrected chi connectivity index (χ3v) is 10.1. The van der Waals surface area contributed by atoms with E-state index >= 15 is 0 Å². The number of amides is 5. The normalized spacial score (nSPS) is 17.6. The van der Waals surface area contributed by atoms with Crippen molar-refractivity contribution < 1.29 is 28.7 Å². The zero-order chi connectivity index (χ0) is 38.8. The molecule has 2 aromatic carbocycles. The first-order valence-corrected chi connectivity index (χ1v) is 19.1. The van der Waals surface area contributed by atoms with Gasteiger partial charge in [-0.15, -0.1) is 0 Å². The van der Waals surface area contributed by atoms with Crippen molar-refractivity contribution in [2.75, 3.05) is 25.0 Å². The molecule has 13 heteroatoms. The molecule has 5 amide bonds. The van der Waals surface area contributed by atoms with E-state index in [9.17, 15) is 24.0 Å². The lowest BCUT2D eigenvalue weighted by molar-refractivity contribution is -0.139. The molecule has 3 N–H and O–H groups in total. The Morgan fingerprint density at radius 3 is 2.22 bits per heavy atom. The Labute approximate surface area is 318 Å². The number of rotatable bonds is 12. The van der Waals surface area contributed by atoms with E-state index in [0.29, 0.717) is 30.9 Å². The fourth-order valence-electron chi connectivity index (χ4n) is 7.25. The van der Waals surface area contributed by atoms with Crippen molar-refractivity contribution in [1.82, 2.24) is 30.2 Å². The van der Waals surface area contributed by atoms with Gasteiger partial charge in [0.25, 0.3) is 5.91 Å². The van der Waals surface area contributed by atoms with E-state index in [2.05, 4.69) is 21.0 Å². The standard InChI is InChI=1S/C41H55N7O6/c1-6-35(49)44-33(39(52)47-23-24-48(40(53)54-41(2,3)4)32(27-47)25-28-13-9-7-10-14-28)26-29-17-19-31(20-18-29)43-38(51)36(30-15-11-8-12-16-30)45-37(50)34-21-22-42-46(34)5/h7,9-10,13-14,17-22,30,32-33,36H,6,8,11-12,15-16,23-27H2,1-5H3,(H,43,51)(H,44,49)(H,45,50)/t32-,33-,36+/m1/s1. The quantitative estimate of drug-likeness (QED) is 0.240. The molecule has 0 unspecified atom stereocenters. The third kappa shape index (κ3) is 10.9. The largest absolute Gasteiger partial charge is 0.444 e. The summed E-state index contributed by atoms with van der Waals surface area (Å²) in [7, 11) is 1.69. The van der Waals surface area contributed by atoms with Crippen LogP contribution in [0.1, 0.15) is 87.8 Å². The van der Waals surface area contributed by atoms with E-state index < -0.39 is 23.8 Å². The zero-order valence-electron chi connectivity index (χ0n) is 32.2. The number of carbonyl (C=O) groups excluding carboxylic acids is 5. The molecule has 13 nitrogen and oxygen atoms in total. The average molecular weight is 742 g/mol. The van der Waals surface area contributed by atoms with Crippen LogP contribution in [0.5, 0.6) is 0 Å². The molecule has 1 saturated carbocycles. The Balaban J connectivity index is 1.28. The van der Waals surface area contributed by atoms with Crippen molar-refractivity contribution in [3.63, 3.8) is 0 Å². The second-order valence-corrected chi connectivity index (χ2v) is 15.4. The van der Waals surface area contributed by atoms with Gasteiger partial charge in [-0.25, -0.2) is 4.79 Å². The molecule has 0 bridgehead atoms. The number of nitrogens with one attached hydrogen (secondary N) is 3. The summed E-state index contributed by atoms with van der Waals surface area (Å²) in [6.45, 7) is 8.11. The zero-order valence-corrected chi connectivity index (χ0v) is 32.2. The second kappa shape index (κ2) is 18.2. The molecule has 1 aliphatic heterocycles. The summed E-state index contributed by atoms with van der Waals surface area (Å²) in [5, 5.41) is 13.0. The maximum absolute atomic E-state index is 14.2. The average Bonchev–Trinajstić information content (AvgIpc) is 3.59. The Bertz CT molecular complexity index is 1750. The van der Waals surface area contributed by atoms with Crippen LogP contribution in [-0.4, -0.2) is 92.7 Å². The van der Waals surface area contributed by atoms with Gasteiger partial charge in [0.2, 0.25) is 17.7 Å². The predicted molar refractivity (Wildman–Crippen MR) is 205 cm³/mol. The Morgan fingerprint density at radius 2 is 1.59 bits per heavy atom. The lowest BCUT2D eigenvalue weighted by Crippen LogP contribution is -2.61. The van der Waals surface area contributed by atoms with Gasteiger partial charge in [0, 0.05) is 51.4 Å². The van der Waals surface area contributed by atoms with E-state index in [4.69, 9.17) is 4.74 Å². The third-order valence-electron chi connectivity index (χ3n) is 10.1. The Morgan fingerprint density at radius 1 is 0.889 bits per heavy atom. The summed E-state index contributed by atoms with van der Waals surface area (Å²) in [5.41, 5.74) is 2.10. The van der Waals surface area contributed by atoms with Gasteiger partial charge in [-0.1, -0.05) is 68.7 Å². The van der Waals surface area contributed by atoms with E-state index in [1.807, 2.05) is 63.2 Å². The van der Waals surface area contributed by atoms with Gasteiger partial charge in [-0.3, -0.25) is 23.9 Å². The molecule has 290 valence electrons. The van der Waals surface area contributed by atoms with Crippen LogP contribution in [0, 0.1) is 5.92 Å². The summed E-state index contributed by atoms with van der Waals surface area (Å²) in [6.07, 6.45) is 6.95. The van der Waals surface area contributed by atoms with E-state index in [0.717, 1.165) is 43.2 Å². The number of carbonyl (C=O) groups is 5. The van der Waals surface area contributed by atoms with Gasteiger partial charge in [0.05, 0.1) is 6.04 Å². The van der Waals surface area contributed by atoms with Gasteiger partial charge < -0.3 is 30.5 Å². The highest BCUT2D eigenvalue weighted by atomic mass is 16.6. The minimum atomic E-state index is -0.832. The molecule has 0 spiro atoms. The highest BCUT2D eigenvalue weighted by Gasteiger charge is 2.37. The van der Waals surface area contributed by atoms with Crippen LogP contribution in [0.2, 0.25) is 0 Å². The number of benzene rings is 2. The SMILES string of the molecule is CCC(=O)N[C@H](Cc1ccc(NC(=O)[C@@H](NC(=O)c2ccnn2C)C2CCCCC2)cc1)C(=O)N1CCN(C(=O)OC(C)(C)C)[C@H](Cc2ccccc2)C1. The fourth-order valence-corrected chi connectivity index (χ4v) is 7.25. The molecule has 0 radical (unpaired) electrons. The number of hydrogen-bond acceptors (Lipinski definition) is 7. The predicted octanol–water partition coefficient (Wildman–Crippen LogP) is 4.87. The molecule has 3 aromatic rings. The van der Waals surface area contributed by atoms with Gasteiger partial charge in [-0.2, -0.15) is 5.10 Å². The maximum atomic E-state index is 14.2. The molecular weight excluding hydrogens is 686 g/mol. The van der Waals surface area contributed by atoms with Crippen LogP contribution in [0.4, 0.5) is 10.5 Å². The minimum Gasteiger partial charge on any atom is -0.444 e. The highest BCUT2D eigenvalue weighted by molar-refractivity contribution is 6.00. The lowest BCUT2D eigenvalue weighted by atomic mass is 9.83. The van der Waals surface area contributed by atoms with Crippen LogP contribution < -0.4 is 16.0 Å². The van der Waals surface area contributed by atoms with E-state index in [1.165, 1.54) is 4.68 Å². The van der Waals surface area contributed by atoms with Crippen LogP contribution in [-0.2, 0) is 39.0 Å². The molecule has 1 aliphatic carbocycles. The molecule has 54 heavy (non-hydrogen) atoms. The molecule has 3 atom stereocenters. The molecule has 2 aliphatic rings. The molecule has 5 rings (SSSR count). The van der Waals surface area contributed by atoms with Crippen molar-refractivity contribution in [1.29, 1.82) is 0 Å². The summed E-state index contributed by atoms with van der Waals surface area (Å²) in [6, 6.07) is 16.8. The first kappa shape index (κ1) is 40.0. The fraction of sp³-hybridized carbons (Fsp3) is 0.512. The second-order valence-electron chi connectivity index (χ2n) is 15.4. The monoisotopic (exact) mass is 741 g/mol. The highest BCUT2D eigenvalue weighted by Crippen LogP contribution is 2.28. The number of anilines is 1. The summed E-state index contributed by atoms with van der Waals surface area (Å²) < 4.78 is 7.21. The Hall–Kier alpha value is -5.20. The smallest absolute Gasteiger partial charge is 0.410 e. The van der Waals surface area contributed by atoms with Crippen LogP contribution in [0.15, 0.2) is 66.9 Å². The van der Waals surface area contributed by atoms with Crippen molar-refractivity contribution in [3.05, 3.63) is 83.7 Å². The number of hydrogen-bond donors (Lipinski definition) is 3. The molecular formula is C41H55N7O6. The summed E-state index contributed by atoms with van der Waals surface area (Å²) in [5.74, 6) is -1.09. The van der Waals surface area contributed by atoms with Gasteiger partial charge in [-0.05, 0) is 75.3 Å². The molecule has 2 fully saturated rings. The minimum absolute atomic E-state index is 0.0161. The van der Waals surface area contributed by atoms with Gasteiger partial charge in [0.1, 0.15) is 23.4 Å². The number of piperazine rings is 1. The number of aryl methyl sites for hydroxylation is 1. The number of nitrogens with zero attached hydrogens (tertiary/aromatic N) is 4. The van der Waals surface area contributed by atoms with E-state index in [1.54, 1.807) is 48.2 Å². The van der Waals surface area contributed by atoms with Crippen LogP contribution in [0.25, 0.3) is 0 Å².